The number of Topliss-reactive ketones (excluding diaryl/α,β-unsaturated/α-hetero) is 1. The third-order valence-electron chi connectivity index (χ3n) is 3.07. The Balaban J connectivity index is 2.44. The van der Waals surface area contributed by atoms with Gasteiger partial charge >= 0.3 is 0 Å². The second-order valence-corrected chi connectivity index (χ2v) is 4.37. The summed E-state index contributed by atoms with van der Waals surface area (Å²) in [6.07, 6.45) is 3.34. The fourth-order valence-corrected chi connectivity index (χ4v) is 2.04. The minimum atomic E-state index is 0.337. The van der Waals surface area contributed by atoms with Crippen LogP contribution in [0.25, 0.3) is 0 Å². The van der Waals surface area contributed by atoms with Crippen LogP contribution in [0.1, 0.15) is 40.0 Å². The van der Waals surface area contributed by atoms with Crippen molar-refractivity contribution in [3.63, 3.8) is 0 Å². The molecule has 1 aliphatic heterocycles. The summed E-state index contributed by atoms with van der Waals surface area (Å²) in [5, 5.41) is 0. The van der Waals surface area contributed by atoms with E-state index in [1.807, 2.05) is 0 Å². The third-order valence-corrected chi connectivity index (χ3v) is 3.07. The first-order valence-electron chi connectivity index (χ1n) is 5.35. The molecule has 1 rings (SSSR count). The average Bonchev–Trinajstić information content (AvgIpc) is 2.27. The molecule has 13 heavy (non-hydrogen) atoms. The molecule has 0 aromatic heterocycles. The average molecular weight is 183 g/mol. The molecule has 0 bridgehead atoms. The van der Waals surface area contributed by atoms with Gasteiger partial charge in [-0.2, -0.15) is 0 Å². The van der Waals surface area contributed by atoms with Gasteiger partial charge in [-0.3, -0.25) is 4.79 Å². The molecule has 2 nitrogen and oxygen atoms in total. The monoisotopic (exact) mass is 183 g/mol. The van der Waals surface area contributed by atoms with E-state index in [4.69, 9.17) is 0 Å². The molecule has 0 saturated carbocycles. The second-order valence-electron chi connectivity index (χ2n) is 4.37. The van der Waals surface area contributed by atoms with Crippen molar-refractivity contribution >= 4 is 5.78 Å². The summed E-state index contributed by atoms with van der Waals surface area (Å²) in [6.45, 7) is 8.46. The molecule has 1 fully saturated rings. The number of hydrogen-bond donors (Lipinski definition) is 0. The van der Waals surface area contributed by atoms with Crippen molar-refractivity contribution in [1.29, 1.82) is 0 Å². The lowest BCUT2D eigenvalue weighted by Gasteiger charge is -2.24. The van der Waals surface area contributed by atoms with E-state index < -0.39 is 0 Å². The summed E-state index contributed by atoms with van der Waals surface area (Å²) in [5.41, 5.74) is 0. The zero-order chi connectivity index (χ0) is 9.84. The first kappa shape index (κ1) is 10.7. The van der Waals surface area contributed by atoms with Gasteiger partial charge in [0.1, 0.15) is 5.78 Å². The lowest BCUT2D eigenvalue weighted by Crippen LogP contribution is -2.31. The maximum Gasteiger partial charge on any atom is 0.132 e. The molecule has 0 aromatic rings. The Hall–Kier alpha value is -0.370. The van der Waals surface area contributed by atoms with Crippen LogP contribution in [0.2, 0.25) is 0 Å². The van der Waals surface area contributed by atoms with Gasteiger partial charge in [0.15, 0.2) is 0 Å². The molecule has 0 spiro atoms. The van der Waals surface area contributed by atoms with Crippen molar-refractivity contribution in [1.82, 2.24) is 4.90 Å². The van der Waals surface area contributed by atoms with E-state index >= 15 is 0 Å². The highest BCUT2D eigenvalue weighted by atomic mass is 16.1. The molecule has 1 saturated heterocycles. The van der Waals surface area contributed by atoms with Gasteiger partial charge in [-0.25, -0.2) is 0 Å². The van der Waals surface area contributed by atoms with Gasteiger partial charge in [0.2, 0.25) is 0 Å². The minimum Gasteiger partial charge on any atom is -0.301 e. The van der Waals surface area contributed by atoms with Gasteiger partial charge in [0.05, 0.1) is 0 Å². The molecule has 1 unspecified atom stereocenters. The van der Waals surface area contributed by atoms with Crippen LogP contribution < -0.4 is 0 Å². The molecule has 2 heteroatoms. The van der Waals surface area contributed by atoms with E-state index in [1.165, 1.54) is 13.0 Å². The van der Waals surface area contributed by atoms with Crippen LogP contribution in [0.4, 0.5) is 0 Å². The van der Waals surface area contributed by atoms with Crippen LogP contribution >= 0.6 is 0 Å². The van der Waals surface area contributed by atoms with Crippen molar-refractivity contribution in [2.45, 2.75) is 46.1 Å². The normalized spacial score (nSPS) is 26.0. The SMILES string of the molecule is CC(=O)C1CCCN(C(C)C)CC1. The van der Waals surface area contributed by atoms with Crippen LogP contribution in [0.5, 0.6) is 0 Å². The van der Waals surface area contributed by atoms with Crippen LogP contribution in [0.3, 0.4) is 0 Å². The number of carbonyl (C=O) groups excluding carboxylic acids is 1. The van der Waals surface area contributed by atoms with Crippen LogP contribution in [-0.2, 0) is 4.79 Å². The van der Waals surface area contributed by atoms with E-state index in [0.29, 0.717) is 17.7 Å². The minimum absolute atomic E-state index is 0.337. The predicted octanol–water partition coefficient (Wildman–Crippen LogP) is 2.09. The third kappa shape index (κ3) is 3.11. The Morgan fingerprint density at radius 2 is 2.00 bits per heavy atom. The van der Waals surface area contributed by atoms with Gasteiger partial charge in [-0.1, -0.05) is 0 Å². The van der Waals surface area contributed by atoms with Crippen LogP contribution in [0, 0.1) is 5.92 Å². The number of rotatable bonds is 2. The smallest absolute Gasteiger partial charge is 0.132 e. The summed E-state index contributed by atoms with van der Waals surface area (Å²) < 4.78 is 0. The van der Waals surface area contributed by atoms with Crippen molar-refractivity contribution < 1.29 is 4.79 Å². The topological polar surface area (TPSA) is 20.3 Å². The molecule has 1 atom stereocenters. The summed E-state index contributed by atoms with van der Waals surface area (Å²) in [4.78, 5) is 13.7. The van der Waals surface area contributed by atoms with E-state index in [0.717, 1.165) is 19.4 Å². The number of likely N-dealkylation sites (tertiary alicyclic amines) is 1. The highest BCUT2D eigenvalue weighted by molar-refractivity contribution is 5.78. The van der Waals surface area contributed by atoms with E-state index in [-0.39, 0.29) is 0 Å². The van der Waals surface area contributed by atoms with Crippen molar-refractivity contribution in [3.8, 4) is 0 Å². The summed E-state index contributed by atoms with van der Waals surface area (Å²) in [5.74, 6) is 0.717. The molecule has 0 amide bonds. The summed E-state index contributed by atoms with van der Waals surface area (Å²) in [6, 6.07) is 0.630. The quantitative estimate of drug-likeness (QED) is 0.653. The fourth-order valence-electron chi connectivity index (χ4n) is 2.04. The standard InChI is InChI=1S/C11H21NO/c1-9(2)12-7-4-5-11(6-8-12)10(3)13/h9,11H,4-8H2,1-3H3. The number of carbonyl (C=O) groups is 1. The van der Waals surface area contributed by atoms with E-state index in [1.54, 1.807) is 6.92 Å². The number of hydrogen-bond acceptors (Lipinski definition) is 2. The number of nitrogens with zero attached hydrogens (tertiary/aromatic N) is 1. The summed E-state index contributed by atoms with van der Waals surface area (Å²) >= 11 is 0. The summed E-state index contributed by atoms with van der Waals surface area (Å²) in [7, 11) is 0. The Morgan fingerprint density at radius 3 is 2.54 bits per heavy atom. The van der Waals surface area contributed by atoms with Crippen molar-refractivity contribution in [3.05, 3.63) is 0 Å². The molecule has 0 N–H and O–H groups in total. The lowest BCUT2D eigenvalue weighted by molar-refractivity contribution is -0.121. The molecule has 0 aromatic carbocycles. The van der Waals surface area contributed by atoms with E-state index in [2.05, 4.69) is 18.7 Å². The first-order chi connectivity index (χ1) is 6.11. The van der Waals surface area contributed by atoms with Gasteiger partial charge in [-0.05, 0) is 53.1 Å². The number of ketones is 1. The van der Waals surface area contributed by atoms with Crippen LogP contribution in [-0.4, -0.2) is 29.8 Å². The molecule has 1 heterocycles. The Kier molecular flexibility index (Phi) is 3.91. The Morgan fingerprint density at radius 1 is 1.31 bits per heavy atom. The fraction of sp³-hybridized carbons (Fsp3) is 0.909. The first-order valence-corrected chi connectivity index (χ1v) is 5.35. The largest absolute Gasteiger partial charge is 0.301 e. The van der Waals surface area contributed by atoms with Crippen molar-refractivity contribution in [2.24, 2.45) is 5.92 Å². The molecule has 0 radical (unpaired) electrons. The zero-order valence-corrected chi connectivity index (χ0v) is 9.05. The Labute approximate surface area is 81.3 Å². The highest BCUT2D eigenvalue weighted by Gasteiger charge is 2.20. The highest BCUT2D eigenvalue weighted by Crippen LogP contribution is 2.19. The van der Waals surface area contributed by atoms with Gasteiger partial charge in [0, 0.05) is 12.0 Å². The maximum atomic E-state index is 11.2. The van der Waals surface area contributed by atoms with Gasteiger partial charge in [0.25, 0.3) is 0 Å². The second kappa shape index (κ2) is 4.75. The molecular weight excluding hydrogens is 162 g/mol. The van der Waals surface area contributed by atoms with Gasteiger partial charge < -0.3 is 4.90 Å². The molecule has 0 aliphatic carbocycles. The molecule has 1 aliphatic rings. The Bertz CT molecular complexity index is 177. The lowest BCUT2D eigenvalue weighted by atomic mass is 9.97. The zero-order valence-electron chi connectivity index (χ0n) is 9.05. The van der Waals surface area contributed by atoms with Crippen LogP contribution in [0.15, 0.2) is 0 Å². The molecule has 76 valence electrons. The van der Waals surface area contributed by atoms with E-state index in [9.17, 15) is 4.79 Å². The van der Waals surface area contributed by atoms with Crippen molar-refractivity contribution in [2.75, 3.05) is 13.1 Å². The van der Waals surface area contributed by atoms with Gasteiger partial charge in [-0.15, -0.1) is 0 Å². The predicted molar refractivity (Wildman–Crippen MR) is 54.7 cm³/mol. The molecular formula is C11H21NO. The maximum absolute atomic E-state index is 11.2.